The number of nitrogens with two attached hydrogens (primary N) is 1. The predicted octanol–water partition coefficient (Wildman–Crippen LogP) is 1.87. The number of carbonyl (C=O) groups excluding carboxylic acids is 1. The topological polar surface area (TPSA) is 72.9 Å². The fourth-order valence-electron chi connectivity index (χ4n) is 1.36. The van der Waals surface area contributed by atoms with Gasteiger partial charge in [-0.05, 0) is 34.1 Å². The van der Waals surface area contributed by atoms with E-state index >= 15 is 0 Å². The minimum Gasteiger partial charge on any atom is -0.382 e. The number of nitrogens with zero attached hydrogens (tertiary/aromatic N) is 2. The summed E-state index contributed by atoms with van der Waals surface area (Å²) in [5, 5.41) is 6.72. The van der Waals surface area contributed by atoms with E-state index in [2.05, 4.69) is 26.3 Å². The van der Waals surface area contributed by atoms with E-state index in [0.717, 1.165) is 10.2 Å². The molecule has 0 fully saturated rings. The van der Waals surface area contributed by atoms with Crippen LogP contribution in [0.2, 0.25) is 0 Å². The SMILES string of the molecule is Nc1ccn(CC(=O)Nc2ccccc2Br)n1. The molecule has 1 aromatic heterocycles. The quantitative estimate of drug-likeness (QED) is 0.908. The van der Waals surface area contributed by atoms with Crippen LogP contribution in [0, 0.1) is 0 Å². The molecule has 1 aromatic carbocycles. The monoisotopic (exact) mass is 294 g/mol. The van der Waals surface area contributed by atoms with Crippen molar-refractivity contribution >= 4 is 33.3 Å². The van der Waals surface area contributed by atoms with Gasteiger partial charge in [0.15, 0.2) is 0 Å². The molecule has 2 aromatic rings. The highest BCUT2D eigenvalue weighted by molar-refractivity contribution is 9.10. The van der Waals surface area contributed by atoms with Crippen LogP contribution in [0.4, 0.5) is 11.5 Å². The first-order chi connectivity index (χ1) is 8.15. The fraction of sp³-hybridized carbons (Fsp3) is 0.0909. The van der Waals surface area contributed by atoms with Crippen LogP contribution in [-0.2, 0) is 11.3 Å². The molecule has 0 bridgehead atoms. The normalized spacial score (nSPS) is 10.2. The van der Waals surface area contributed by atoms with Crippen molar-refractivity contribution in [2.45, 2.75) is 6.54 Å². The second-order valence-corrected chi connectivity index (χ2v) is 4.32. The van der Waals surface area contributed by atoms with Crippen LogP contribution in [0.1, 0.15) is 0 Å². The average molecular weight is 295 g/mol. The van der Waals surface area contributed by atoms with Gasteiger partial charge in [0.05, 0.1) is 5.69 Å². The summed E-state index contributed by atoms with van der Waals surface area (Å²) in [6.45, 7) is 0.137. The second-order valence-electron chi connectivity index (χ2n) is 3.47. The average Bonchev–Trinajstić information content (AvgIpc) is 2.67. The highest BCUT2D eigenvalue weighted by Gasteiger charge is 2.06. The van der Waals surface area contributed by atoms with E-state index in [1.165, 1.54) is 4.68 Å². The number of nitrogen functional groups attached to an aromatic ring is 1. The van der Waals surface area contributed by atoms with Gasteiger partial charge >= 0.3 is 0 Å². The molecule has 0 saturated carbocycles. The van der Waals surface area contributed by atoms with Gasteiger partial charge in [0.1, 0.15) is 12.4 Å². The first-order valence-corrected chi connectivity index (χ1v) is 5.78. The smallest absolute Gasteiger partial charge is 0.246 e. The number of aromatic nitrogens is 2. The third-order valence-corrected chi connectivity index (χ3v) is 2.81. The van der Waals surface area contributed by atoms with Gasteiger partial charge in [-0.2, -0.15) is 5.10 Å². The molecule has 0 radical (unpaired) electrons. The second kappa shape index (κ2) is 5.01. The number of halogens is 1. The molecule has 1 amide bonds. The standard InChI is InChI=1S/C11H11BrN4O/c12-8-3-1-2-4-9(8)14-11(17)7-16-6-5-10(13)15-16/h1-6H,7H2,(H2,13,15)(H,14,17). The van der Waals surface area contributed by atoms with Crippen LogP contribution in [0.25, 0.3) is 0 Å². The third-order valence-electron chi connectivity index (χ3n) is 2.11. The lowest BCUT2D eigenvalue weighted by molar-refractivity contribution is -0.116. The summed E-state index contributed by atoms with van der Waals surface area (Å²) in [7, 11) is 0. The van der Waals surface area contributed by atoms with E-state index in [-0.39, 0.29) is 12.5 Å². The van der Waals surface area contributed by atoms with Gasteiger partial charge in [-0.15, -0.1) is 0 Å². The van der Waals surface area contributed by atoms with Crippen LogP contribution in [-0.4, -0.2) is 15.7 Å². The Bertz CT molecular complexity index is 538. The van der Waals surface area contributed by atoms with Crippen molar-refractivity contribution in [3.8, 4) is 0 Å². The maximum absolute atomic E-state index is 11.7. The Hall–Kier alpha value is -1.82. The van der Waals surface area contributed by atoms with Crippen LogP contribution >= 0.6 is 15.9 Å². The lowest BCUT2D eigenvalue weighted by atomic mass is 10.3. The molecule has 6 heteroatoms. The molecule has 1 heterocycles. The highest BCUT2D eigenvalue weighted by atomic mass is 79.9. The molecule has 0 aliphatic heterocycles. The summed E-state index contributed by atoms with van der Waals surface area (Å²) in [4.78, 5) is 11.7. The van der Waals surface area contributed by atoms with Crippen molar-refractivity contribution < 1.29 is 4.79 Å². The van der Waals surface area contributed by atoms with Crippen LogP contribution < -0.4 is 11.1 Å². The van der Waals surface area contributed by atoms with Crippen molar-refractivity contribution in [2.75, 3.05) is 11.1 Å². The molecule has 2 rings (SSSR count). The summed E-state index contributed by atoms with van der Waals surface area (Å²) < 4.78 is 2.33. The summed E-state index contributed by atoms with van der Waals surface area (Å²) in [5.74, 6) is 0.249. The first-order valence-electron chi connectivity index (χ1n) is 4.98. The fourth-order valence-corrected chi connectivity index (χ4v) is 1.75. The van der Waals surface area contributed by atoms with Crippen LogP contribution in [0.5, 0.6) is 0 Å². The number of hydrogen-bond donors (Lipinski definition) is 2. The number of rotatable bonds is 3. The van der Waals surface area contributed by atoms with E-state index in [9.17, 15) is 4.79 Å². The highest BCUT2D eigenvalue weighted by Crippen LogP contribution is 2.20. The molecule has 17 heavy (non-hydrogen) atoms. The van der Waals surface area contributed by atoms with Crippen LogP contribution in [0.15, 0.2) is 41.0 Å². The van der Waals surface area contributed by atoms with E-state index in [4.69, 9.17) is 5.73 Å². The Morgan fingerprint density at radius 2 is 2.18 bits per heavy atom. The van der Waals surface area contributed by atoms with Gasteiger partial charge < -0.3 is 11.1 Å². The summed E-state index contributed by atoms with van der Waals surface area (Å²) in [5.41, 5.74) is 6.19. The largest absolute Gasteiger partial charge is 0.382 e. The molecule has 0 saturated heterocycles. The number of benzene rings is 1. The predicted molar refractivity (Wildman–Crippen MR) is 69.4 cm³/mol. The van der Waals surface area contributed by atoms with Gasteiger partial charge in [0, 0.05) is 10.7 Å². The molecule has 3 N–H and O–H groups in total. The zero-order valence-electron chi connectivity index (χ0n) is 8.93. The van der Waals surface area contributed by atoms with Crippen molar-refractivity contribution in [2.24, 2.45) is 0 Å². The number of hydrogen-bond acceptors (Lipinski definition) is 3. The minimum absolute atomic E-state index is 0.137. The Morgan fingerprint density at radius 3 is 2.82 bits per heavy atom. The molecule has 0 unspecified atom stereocenters. The van der Waals surface area contributed by atoms with E-state index < -0.39 is 0 Å². The Labute approximate surface area is 107 Å². The Kier molecular flexibility index (Phi) is 3.43. The summed E-state index contributed by atoms with van der Waals surface area (Å²) in [6, 6.07) is 9.06. The van der Waals surface area contributed by atoms with Gasteiger partial charge in [-0.25, -0.2) is 0 Å². The van der Waals surface area contributed by atoms with Crippen molar-refractivity contribution in [1.29, 1.82) is 0 Å². The molecule has 0 atom stereocenters. The van der Waals surface area contributed by atoms with E-state index in [0.29, 0.717) is 5.82 Å². The molecule has 5 nitrogen and oxygen atoms in total. The molecule has 0 aliphatic carbocycles. The zero-order valence-corrected chi connectivity index (χ0v) is 10.5. The summed E-state index contributed by atoms with van der Waals surface area (Å²) in [6.07, 6.45) is 1.66. The van der Waals surface area contributed by atoms with Crippen molar-refractivity contribution in [3.63, 3.8) is 0 Å². The van der Waals surface area contributed by atoms with Crippen molar-refractivity contribution in [3.05, 3.63) is 41.0 Å². The van der Waals surface area contributed by atoms with Gasteiger partial charge in [-0.1, -0.05) is 12.1 Å². The number of para-hydroxylation sites is 1. The Morgan fingerprint density at radius 1 is 1.41 bits per heavy atom. The minimum atomic E-state index is -0.153. The number of anilines is 2. The van der Waals surface area contributed by atoms with Gasteiger partial charge in [0.2, 0.25) is 5.91 Å². The molecule has 0 spiro atoms. The number of amides is 1. The molecule has 0 aliphatic rings. The van der Waals surface area contributed by atoms with Gasteiger partial charge in [0.25, 0.3) is 0 Å². The first kappa shape index (κ1) is 11.7. The third kappa shape index (κ3) is 3.07. The van der Waals surface area contributed by atoms with Crippen LogP contribution in [0.3, 0.4) is 0 Å². The maximum atomic E-state index is 11.7. The number of carbonyl (C=O) groups is 1. The molecule has 88 valence electrons. The lowest BCUT2D eigenvalue weighted by Crippen LogP contribution is -2.19. The van der Waals surface area contributed by atoms with Gasteiger partial charge in [-0.3, -0.25) is 9.48 Å². The van der Waals surface area contributed by atoms with E-state index in [1.54, 1.807) is 12.3 Å². The molecular formula is C11H11BrN4O. The summed E-state index contributed by atoms with van der Waals surface area (Å²) >= 11 is 3.36. The Balaban J connectivity index is 2.01. The maximum Gasteiger partial charge on any atom is 0.246 e. The van der Waals surface area contributed by atoms with E-state index in [1.807, 2.05) is 24.3 Å². The zero-order chi connectivity index (χ0) is 12.3. The lowest BCUT2D eigenvalue weighted by Gasteiger charge is -2.06. The van der Waals surface area contributed by atoms with Crippen molar-refractivity contribution in [1.82, 2.24) is 9.78 Å². The molecular weight excluding hydrogens is 284 g/mol. The number of nitrogens with one attached hydrogen (secondary N) is 1.